The van der Waals surface area contributed by atoms with Gasteiger partial charge in [-0.2, -0.15) is 0 Å². The topological polar surface area (TPSA) is 50.7 Å². The number of hydrogen-bond donors (Lipinski definition) is 2. The third kappa shape index (κ3) is 7.11. The Bertz CT molecular complexity index is 217. The first kappa shape index (κ1) is 15.6. The number of nitrogens with one attached hydrogen (secondary N) is 1. The van der Waals surface area contributed by atoms with Crippen LogP contribution in [0.15, 0.2) is 12.7 Å². The Labute approximate surface area is 110 Å². The molecule has 106 valence electrons. The summed E-state index contributed by atoms with van der Waals surface area (Å²) in [4.78, 5) is 0. The lowest BCUT2D eigenvalue weighted by atomic mass is 10.3. The molecule has 1 saturated carbocycles. The summed E-state index contributed by atoms with van der Waals surface area (Å²) in [6.07, 6.45) is 6.62. The first-order chi connectivity index (χ1) is 8.72. The van der Waals surface area contributed by atoms with Crippen LogP contribution < -0.4 is 5.32 Å². The van der Waals surface area contributed by atoms with E-state index >= 15 is 0 Å². The smallest absolute Gasteiger partial charge is 0.0897 e. The first-order valence-corrected chi connectivity index (χ1v) is 6.95. The lowest BCUT2D eigenvalue weighted by molar-refractivity contribution is -0.00681. The van der Waals surface area contributed by atoms with Crippen LogP contribution >= 0.6 is 0 Å². The van der Waals surface area contributed by atoms with Crippen molar-refractivity contribution in [1.82, 2.24) is 5.32 Å². The van der Waals surface area contributed by atoms with E-state index in [2.05, 4.69) is 11.9 Å². The molecule has 1 fully saturated rings. The fourth-order valence-electron chi connectivity index (χ4n) is 2.11. The van der Waals surface area contributed by atoms with Gasteiger partial charge in [0.15, 0.2) is 0 Å². The molecule has 0 aromatic rings. The monoisotopic (exact) mass is 257 g/mol. The van der Waals surface area contributed by atoms with Crippen LogP contribution in [0.5, 0.6) is 0 Å². The van der Waals surface area contributed by atoms with Crippen molar-refractivity contribution in [3.63, 3.8) is 0 Å². The zero-order valence-corrected chi connectivity index (χ0v) is 11.4. The molecule has 0 saturated heterocycles. The summed E-state index contributed by atoms with van der Waals surface area (Å²) in [6.45, 7) is 7.88. The van der Waals surface area contributed by atoms with Crippen LogP contribution in [0.3, 0.4) is 0 Å². The van der Waals surface area contributed by atoms with Gasteiger partial charge >= 0.3 is 0 Å². The summed E-state index contributed by atoms with van der Waals surface area (Å²) in [5.74, 6) is 0. The Kier molecular flexibility index (Phi) is 8.25. The molecular weight excluding hydrogens is 230 g/mol. The van der Waals surface area contributed by atoms with E-state index in [4.69, 9.17) is 9.47 Å². The third-order valence-electron chi connectivity index (χ3n) is 3.14. The van der Waals surface area contributed by atoms with Crippen molar-refractivity contribution in [3.8, 4) is 0 Å². The van der Waals surface area contributed by atoms with E-state index in [1.807, 2.05) is 6.92 Å². The van der Waals surface area contributed by atoms with Crippen LogP contribution in [-0.2, 0) is 9.47 Å². The molecule has 1 aliphatic rings. The first-order valence-electron chi connectivity index (χ1n) is 6.95. The maximum atomic E-state index is 9.75. The van der Waals surface area contributed by atoms with Gasteiger partial charge in [-0.3, -0.25) is 0 Å². The van der Waals surface area contributed by atoms with Crippen LogP contribution in [0.2, 0.25) is 0 Å². The summed E-state index contributed by atoms with van der Waals surface area (Å²) < 4.78 is 11.1. The van der Waals surface area contributed by atoms with Gasteiger partial charge in [-0.15, -0.1) is 6.58 Å². The Morgan fingerprint density at radius 3 is 2.78 bits per heavy atom. The average Bonchev–Trinajstić information content (AvgIpc) is 2.87. The number of hydrogen-bond acceptors (Lipinski definition) is 4. The van der Waals surface area contributed by atoms with Gasteiger partial charge in [0.05, 0.1) is 31.5 Å². The molecule has 0 aliphatic heterocycles. The molecule has 2 atom stereocenters. The van der Waals surface area contributed by atoms with Crippen molar-refractivity contribution in [2.75, 3.05) is 26.3 Å². The largest absolute Gasteiger partial charge is 0.389 e. The normalized spacial score (nSPS) is 19.9. The number of rotatable bonds is 10. The highest BCUT2D eigenvalue weighted by molar-refractivity contribution is 4.69. The maximum Gasteiger partial charge on any atom is 0.0897 e. The molecule has 0 bridgehead atoms. The van der Waals surface area contributed by atoms with Gasteiger partial charge in [0.1, 0.15) is 0 Å². The molecule has 0 spiro atoms. The summed E-state index contributed by atoms with van der Waals surface area (Å²) in [5, 5.41) is 12.9. The molecule has 0 aromatic carbocycles. The van der Waals surface area contributed by atoms with Crippen LogP contribution in [0.25, 0.3) is 0 Å². The van der Waals surface area contributed by atoms with Crippen molar-refractivity contribution < 1.29 is 14.6 Å². The summed E-state index contributed by atoms with van der Waals surface area (Å²) in [5.41, 5.74) is 0. The van der Waals surface area contributed by atoms with Crippen LogP contribution in [-0.4, -0.2) is 49.7 Å². The zero-order chi connectivity index (χ0) is 13.2. The van der Waals surface area contributed by atoms with E-state index in [-0.39, 0.29) is 6.10 Å². The quantitative estimate of drug-likeness (QED) is 0.582. The summed E-state index contributed by atoms with van der Waals surface area (Å²) >= 11 is 0. The Hall–Kier alpha value is -0.420. The molecule has 2 unspecified atom stereocenters. The third-order valence-corrected chi connectivity index (χ3v) is 3.14. The Balaban J connectivity index is 1.95. The zero-order valence-electron chi connectivity index (χ0n) is 11.4. The highest BCUT2D eigenvalue weighted by Gasteiger charge is 2.16. The van der Waals surface area contributed by atoms with Crippen LogP contribution in [0.4, 0.5) is 0 Å². The van der Waals surface area contributed by atoms with Crippen molar-refractivity contribution in [1.29, 1.82) is 0 Å². The average molecular weight is 257 g/mol. The van der Waals surface area contributed by atoms with Gasteiger partial charge in [0.2, 0.25) is 0 Å². The second-order valence-electron chi connectivity index (χ2n) is 4.98. The van der Waals surface area contributed by atoms with Crippen LogP contribution in [0.1, 0.15) is 32.6 Å². The lowest BCUT2D eigenvalue weighted by Gasteiger charge is -2.17. The van der Waals surface area contributed by atoms with E-state index in [9.17, 15) is 5.11 Å². The van der Waals surface area contributed by atoms with Gasteiger partial charge < -0.3 is 19.9 Å². The molecule has 0 heterocycles. The number of ether oxygens (including phenoxy) is 2. The molecule has 0 aromatic heterocycles. The SMILES string of the molecule is C=CCOC(C)CNCC(O)COC1CCCC1. The second-order valence-corrected chi connectivity index (χ2v) is 4.98. The van der Waals surface area contributed by atoms with Crippen LogP contribution in [0, 0.1) is 0 Å². The summed E-state index contributed by atoms with van der Waals surface area (Å²) in [7, 11) is 0. The van der Waals surface area contributed by atoms with Gasteiger partial charge in [0, 0.05) is 13.1 Å². The number of aliphatic hydroxyl groups excluding tert-OH is 1. The van der Waals surface area contributed by atoms with E-state index in [1.54, 1.807) is 6.08 Å². The van der Waals surface area contributed by atoms with E-state index in [0.29, 0.717) is 25.9 Å². The minimum Gasteiger partial charge on any atom is -0.389 e. The van der Waals surface area contributed by atoms with Crippen molar-refractivity contribution in [3.05, 3.63) is 12.7 Å². The van der Waals surface area contributed by atoms with Gasteiger partial charge in [-0.1, -0.05) is 18.9 Å². The standard InChI is InChI=1S/C14H27NO3/c1-3-8-17-12(2)9-15-10-13(16)11-18-14-6-4-5-7-14/h3,12-16H,1,4-11H2,2H3. The molecule has 4 heteroatoms. The molecule has 4 nitrogen and oxygen atoms in total. The van der Waals surface area contributed by atoms with Crippen molar-refractivity contribution in [2.24, 2.45) is 0 Å². The van der Waals surface area contributed by atoms with Gasteiger partial charge in [0.25, 0.3) is 0 Å². The van der Waals surface area contributed by atoms with E-state index in [1.165, 1.54) is 12.8 Å². The Morgan fingerprint density at radius 2 is 2.11 bits per heavy atom. The van der Waals surface area contributed by atoms with Crippen molar-refractivity contribution in [2.45, 2.75) is 50.9 Å². The van der Waals surface area contributed by atoms with Crippen molar-refractivity contribution >= 4 is 0 Å². The number of aliphatic hydroxyl groups is 1. The molecule has 1 aliphatic carbocycles. The summed E-state index contributed by atoms with van der Waals surface area (Å²) in [6, 6.07) is 0. The minimum absolute atomic E-state index is 0.131. The molecular formula is C14H27NO3. The molecule has 18 heavy (non-hydrogen) atoms. The fraction of sp³-hybridized carbons (Fsp3) is 0.857. The minimum atomic E-state index is -0.433. The molecule has 0 radical (unpaired) electrons. The van der Waals surface area contributed by atoms with Gasteiger partial charge in [-0.25, -0.2) is 0 Å². The molecule has 0 amide bonds. The predicted octanol–water partition coefficient (Wildman–Crippen LogP) is 1.49. The lowest BCUT2D eigenvalue weighted by Crippen LogP contribution is -2.36. The molecule has 2 N–H and O–H groups in total. The Morgan fingerprint density at radius 1 is 1.39 bits per heavy atom. The maximum absolute atomic E-state index is 9.75. The predicted molar refractivity (Wildman–Crippen MR) is 72.7 cm³/mol. The van der Waals surface area contributed by atoms with E-state index in [0.717, 1.165) is 19.4 Å². The highest BCUT2D eigenvalue weighted by Crippen LogP contribution is 2.20. The van der Waals surface area contributed by atoms with Gasteiger partial charge in [-0.05, 0) is 19.8 Å². The van der Waals surface area contributed by atoms with E-state index < -0.39 is 6.10 Å². The second kappa shape index (κ2) is 9.50. The molecule has 1 rings (SSSR count). The fourth-order valence-corrected chi connectivity index (χ4v) is 2.11. The highest BCUT2D eigenvalue weighted by atomic mass is 16.5.